The predicted molar refractivity (Wildman–Crippen MR) is 83.6 cm³/mol. The van der Waals surface area contributed by atoms with Crippen LogP contribution in [0.25, 0.3) is 0 Å². The van der Waals surface area contributed by atoms with Crippen molar-refractivity contribution >= 4 is 0 Å². The Morgan fingerprint density at radius 3 is 2.63 bits per heavy atom. The Balaban J connectivity index is 1.80. The van der Waals surface area contributed by atoms with Gasteiger partial charge in [-0.1, -0.05) is 40.0 Å². The van der Waals surface area contributed by atoms with Crippen LogP contribution < -0.4 is 0 Å². The van der Waals surface area contributed by atoms with Crippen LogP contribution in [-0.2, 0) is 0 Å². The van der Waals surface area contributed by atoms with Crippen LogP contribution in [0.5, 0.6) is 0 Å². The largest absolute Gasteiger partial charge is 0.301 e. The first-order chi connectivity index (χ1) is 9.11. The summed E-state index contributed by atoms with van der Waals surface area (Å²) in [5, 5.41) is 0. The minimum atomic E-state index is 0.503. The Labute approximate surface area is 120 Å². The molecule has 0 bridgehead atoms. The minimum Gasteiger partial charge on any atom is -0.301 e. The molecule has 0 amide bonds. The van der Waals surface area contributed by atoms with Gasteiger partial charge in [-0.25, -0.2) is 0 Å². The van der Waals surface area contributed by atoms with E-state index in [1.807, 2.05) is 0 Å². The second kappa shape index (κ2) is 7.08. The van der Waals surface area contributed by atoms with Crippen molar-refractivity contribution < 1.29 is 0 Å². The summed E-state index contributed by atoms with van der Waals surface area (Å²) in [7, 11) is 0. The van der Waals surface area contributed by atoms with Crippen LogP contribution in [0, 0.1) is 5.41 Å². The van der Waals surface area contributed by atoms with E-state index in [1.54, 1.807) is 0 Å². The average Bonchev–Trinajstić information content (AvgIpc) is 2.68. The number of nitrogens with zero attached hydrogens (tertiary/aromatic N) is 2. The smallest absolute Gasteiger partial charge is 0.0223 e. The van der Waals surface area contributed by atoms with Gasteiger partial charge < -0.3 is 4.90 Å². The van der Waals surface area contributed by atoms with Crippen LogP contribution in [0.2, 0.25) is 0 Å². The topological polar surface area (TPSA) is 6.48 Å². The molecule has 2 aliphatic rings. The summed E-state index contributed by atoms with van der Waals surface area (Å²) in [6.07, 6.45) is 9.79. The second-order valence-electron chi connectivity index (χ2n) is 7.54. The highest BCUT2D eigenvalue weighted by Gasteiger charge is 2.30. The van der Waals surface area contributed by atoms with Gasteiger partial charge in [-0.3, -0.25) is 4.90 Å². The molecule has 2 nitrogen and oxygen atoms in total. The van der Waals surface area contributed by atoms with Gasteiger partial charge in [0, 0.05) is 19.1 Å². The summed E-state index contributed by atoms with van der Waals surface area (Å²) in [5.74, 6) is 0. The lowest BCUT2D eigenvalue weighted by molar-refractivity contribution is 0.152. The monoisotopic (exact) mass is 266 g/mol. The molecular formula is C17H34N2. The summed E-state index contributed by atoms with van der Waals surface area (Å²) in [6, 6.07) is 0.869. The highest BCUT2D eigenvalue weighted by atomic mass is 15.3. The molecule has 2 aliphatic heterocycles. The van der Waals surface area contributed by atoms with Crippen LogP contribution in [-0.4, -0.2) is 48.6 Å². The Morgan fingerprint density at radius 1 is 1.05 bits per heavy atom. The lowest BCUT2D eigenvalue weighted by Gasteiger charge is -2.33. The number of hydrogen-bond acceptors (Lipinski definition) is 2. The van der Waals surface area contributed by atoms with Crippen molar-refractivity contribution in [2.75, 3.05) is 32.7 Å². The number of unbranched alkanes of at least 4 members (excludes halogenated alkanes) is 2. The molecule has 0 N–H and O–H groups in total. The number of hydrogen-bond donors (Lipinski definition) is 0. The lowest BCUT2D eigenvalue weighted by atomic mass is 9.86. The Kier molecular flexibility index (Phi) is 5.70. The number of rotatable bonds is 6. The van der Waals surface area contributed by atoms with E-state index in [0.29, 0.717) is 5.41 Å². The third-order valence-corrected chi connectivity index (χ3v) is 5.00. The Morgan fingerprint density at radius 2 is 1.84 bits per heavy atom. The standard InChI is InChI=1S/C17H34N2/c1-4-5-6-10-17(2,3)15-18-11-8-13-19-12-7-9-16(19)14-18/h16H,4-15H2,1-3H3. The van der Waals surface area contributed by atoms with Crippen molar-refractivity contribution in [3.05, 3.63) is 0 Å². The maximum absolute atomic E-state index is 2.77. The maximum atomic E-state index is 2.77. The van der Waals surface area contributed by atoms with E-state index in [9.17, 15) is 0 Å². The molecule has 0 aromatic carbocycles. The van der Waals surface area contributed by atoms with E-state index in [4.69, 9.17) is 0 Å². The molecule has 1 unspecified atom stereocenters. The van der Waals surface area contributed by atoms with Crippen molar-refractivity contribution in [3.63, 3.8) is 0 Å². The molecule has 2 fully saturated rings. The fourth-order valence-corrected chi connectivity index (χ4v) is 3.96. The first-order valence-electron chi connectivity index (χ1n) is 8.57. The molecule has 2 heteroatoms. The van der Waals surface area contributed by atoms with Crippen LogP contribution in [0.3, 0.4) is 0 Å². The molecule has 0 aromatic rings. The average molecular weight is 266 g/mol. The van der Waals surface area contributed by atoms with Gasteiger partial charge in [-0.15, -0.1) is 0 Å². The molecule has 19 heavy (non-hydrogen) atoms. The summed E-state index contributed by atoms with van der Waals surface area (Å²) in [6.45, 7) is 13.9. The third kappa shape index (κ3) is 4.75. The SMILES string of the molecule is CCCCCC(C)(C)CN1CCCN2CCCC2C1. The molecule has 2 rings (SSSR count). The Hall–Kier alpha value is -0.0800. The normalized spacial score (nSPS) is 26.4. The lowest BCUT2D eigenvalue weighted by Crippen LogP contribution is -2.40. The van der Waals surface area contributed by atoms with Crippen LogP contribution in [0.4, 0.5) is 0 Å². The molecule has 0 radical (unpaired) electrons. The molecule has 112 valence electrons. The van der Waals surface area contributed by atoms with E-state index in [1.165, 1.54) is 77.7 Å². The van der Waals surface area contributed by atoms with Crippen LogP contribution in [0.1, 0.15) is 65.7 Å². The van der Waals surface area contributed by atoms with Crippen LogP contribution in [0.15, 0.2) is 0 Å². The highest BCUT2D eigenvalue weighted by molar-refractivity contribution is 4.86. The minimum absolute atomic E-state index is 0.503. The molecule has 0 aromatic heterocycles. The predicted octanol–water partition coefficient (Wildman–Crippen LogP) is 3.76. The van der Waals surface area contributed by atoms with Gasteiger partial charge in [0.1, 0.15) is 0 Å². The maximum Gasteiger partial charge on any atom is 0.0223 e. The van der Waals surface area contributed by atoms with Crippen molar-refractivity contribution in [1.82, 2.24) is 9.80 Å². The molecular weight excluding hydrogens is 232 g/mol. The third-order valence-electron chi connectivity index (χ3n) is 5.00. The molecule has 0 saturated carbocycles. The van der Waals surface area contributed by atoms with Gasteiger partial charge in [0.15, 0.2) is 0 Å². The van der Waals surface area contributed by atoms with Gasteiger partial charge in [-0.05, 0) is 50.7 Å². The fourth-order valence-electron chi connectivity index (χ4n) is 3.96. The van der Waals surface area contributed by atoms with Gasteiger partial charge in [0.05, 0.1) is 0 Å². The van der Waals surface area contributed by atoms with Crippen molar-refractivity contribution in [1.29, 1.82) is 0 Å². The van der Waals surface area contributed by atoms with Crippen molar-refractivity contribution in [3.8, 4) is 0 Å². The quantitative estimate of drug-likeness (QED) is 0.675. The summed E-state index contributed by atoms with van der Waals surface area (Å²) in [4.78, 5) is 5.51. The molecule has 0 spiro atoms. The fraction of sp³-hybridized carbons (Fsp3) is 1.00. The summed E-state index contributed by atoms with van der Waals surface area (Å²) < 4.78 is 0. The molecule has 1 atom stereocenters. The molecule has 0 aliphatic carbocycles. The van der Waals surface area contributed by atoms with Gasteiger partial charge >= 0.3 is 0 Å². The van der Waals surface area contributed by atoms with Crippen molar-refractivity contribution in [2.45, 2.75) is 71.8 Å². The van der Waals surface area contributed by atoms with E-state index in [2.05, 4.69) is 30.6 Å². The van der Waals surface area contributed by atoms with Gasteiger partial charge in [0.2, 0.25) is 0 Å². The molecule has 2 saturated heterocycles. The second-order valence-corrected chi connectivity index (χ2v) is 7.54. The zero-order chi connectivity index (χ0) is 13.7. The van der Waals surface area contributed by atoms with Gasteiger partial charge in [-0.2, -0.15) is 0 Å². The van der Waals surface area contributed by atoms with Crippen LogP contribution >= 0.6 is 0 Å². The van der Waals surface area contributed by atoms with E-state index in [0.717, 1.165) is 6.04 Å². The number of fused-ring (bicyclic) bond motifs is 1. The van der Waals surface area contributed by atoms with E-state index in [-0.39, 0.29) is 0 Å². The zero-order valence-electron chi connectivity index (χ0n) is 13.5. The first-order valence-corrected chi connectivity index (χ1v) is 8.57. The Bertz CT molecular complexity index is 262. The van der Waals surface area contributed by atoms with Crippen molar-refractivity contribution in [2.24, 2.45) is 5.41 Å². The summed E-state index contributed by atoms with van der Waals surface area (Å²) >= 11 is 0. The summed E-state index contributed by atoms with van der Waals surface area (Å²) in [5.41, 5.74) is 0.503. The van der Waals surface area contributed by atoms with Gasteiger partial charge in [0.25, 0.3) is 0 Å². The first kappa shape index (κ1) is 15.3. The highest BCUT2D eigenvalue weighted by Crippen LogP contribution is 2.28. The van der Waals surface area contributed by atoms with E-state index < -0.39 is 0 Å². The molecule has 2 heterocycles. The van der Waals surface area contributed by atoms with E-state index >= 15 is 0 Å². The zero-order valence-corrected chi connectivity index (χ0v) is 13.5.